The third-order valence-corrected chi connectivity index (χ3v) is 4.03. The van der Waals surface area contributed by atoms with E-state index in [2.05, 4.69) is 25.1 Å². The normalized spacial score (nSPS) is 10.9. The zero-order valence-electron chi connectivity index (χ0n) is 13.1. The fraction of sp³-hybridized carbons (Fsp3) is 0.211. The zero-order chi connectivity index (χ0) is 15.7. The van der Waals surface area contributed by atoms with Gasteiger partial charge in [-0.1, -0.05) is 24.6 Å². The molecule has 2 aromatic heterocycles. The third kappa shape index (κ3) is 2.29. The van der Waals surface area contributed by atoms with E-state index < -0.39 is 0 Å². The molecule has 3 rings (SSSR count). The van der Waals surface area contributed by atoms with Gasteiger partial charge in [-0.25, -0.2) is 0 Å². The maximum atomic E-state index is 11.7. The number of pyridine rings is 1. The highest BCUT2D eigenvalue weighted by molar-refractivity contribution is 5.91. The van der Waals surface area contributed by atoms with Gasteiger partial charge in [0.05, 0.1) is 12.8 Å². The van der Waals surface area contributed by atoms with Crippen LogP contribution < -0.4 is 4.74 Å². The fourth-order valence-corrected chi connectivity index (χ4v) is 2.81. The maximum absolute atomic E-state index is 11.7. The van der Waals surface area contributed by atoms with Gasteiger partial charge in [0, 0.05) is 22.8 Å². The van der Waals surface area contributed by atoms with Crippen molar-refractivity contribution in [1.82, 2.24) is 4.40 Å². The van der Waals surface area contributed by atoms with Crippen LogP contribution in [0.25, 0.3) is 16.6 Å². The summed E-state index contributed by atoms with van der Waals surface area (Å²) in [6.07, 6.45) is 3.89. The van der Waals surface area contributed by atoms with Crippen molar-refractivity contribution in [3.63, 3.8) is 0 Å². The summed E-state index contributed by atoms with van der Waals surface area (Å²) in [6.45, 7) is 4.14. The van der Waals surface area contributed by atoms with E-state index in [1.807, 2.05) is 35.7 Å². The topological polar surface area (TPSA) is 30.7 Å². The van der Waals surface area contributed by atoms with Crippen molar-refractivity contribution in [3.8, 4) is 16.9 Å². The molecule has 0 N–H and O–H groups in total. The molecule has 3 heteroatoms. The molecule has 1 aromatic carbocycles. The molecule has 0 radical (unpaired) electrons. The predicted octanol–water partition coefficient (Wildman–Crippen LogP) is 4.30. The Kier molecular flexibility index (Phi) is 3.72. The number of carbonyl (C=O) groups is 1. The quantitative estimate of drug-likeness (QED) is 0.671. The lowest BCUT2D eigenvalue weighted by molar-refractivity contribution is 0.111. The highest BCUT2D eigenvalue weighted by Crippen LogP contribution is 2.34. The number of nitrogens with zero attached hydrogens (tertiary/aromatic N) is 1. The number of ether oxygens (including phenoxy) is 1. The SMILES string of the molecule is CCc1ccc2cc(-c3cc(C)ccc3OC)c(C=O)n2c1. The number of aromatic nitrogens is 1. The Hall–Kier alpha value is -2.55. The van der Waals surface area contributed by atoms with Crippen LogP contribution in [0.15, 0.2) is 42.6 Å². The van der Waals surface area contributed by atoms with E-state index in [0.717, 1.165) is 40.7 Å². The molecular formula is C19H19NO2. The summed E-state index contributed by atoms with van der Waals surface area (Å²) in [5.74, 6) is 0.778. The van der Waals surface area contributed by atoms with Crippen molar-refractivity contribution in [3.05, 3.63) is 59.4 Å². The van der Waals surface area contributed by atoms with Crippen LogP contribution in [-0.2, 0) is 6.42 Å². The molecule has 3 aromatic rings. The number of hydrogen-bond donors (Lipinski definition) is 0. The Labute approximate surface area is 130 Å². The van der Waals surface area contributed by atoms with Crippen LogP contribution in [0.1, 0.15) is 28.5 Å². The van der Waals surface area contributed by atoms with Crippen molar-refractivity contribution in [1.29, 1.82) is 0 Å². The second-order valence-corrected chi connectivity index (χ2v) is 5.45. The van der Waals surface area contributed by atoms with Gasteiger partial charge in [-0.2, -0.15) is 0 Å². The van der Waals surface area contributed by atoms with Crippen LogP contribution in [0.5, 0.6) is 5.75 Å². The summed E-state index contributed by atoms with van der Waals surface area (Å²) in [7, 11) is 1.65. The Morgan fingerprint density at radius 1 is 1.14 bits per heavy atom. The second kappa shape index (κ2) is 5.68. The molecule has 0 aliphatic heterocycles. The van der Waals surface area contributed by atoms with Crippen LogP contribution >= 0.6 is 0 Å². The molecule has 22 heavy (non-hydrogen) atoms. The van der Waals surface area contributed by atoms with Gasteiger partial charge in [-0.15, -0.1) is 0 Å². The molecule has 0 aliphatic carbocycles. The molecule has 0 amide bonds. The average Bonchev–Trinajstić information content (AvgIpc) is 2.92. The van der Waals surface area contributed by atoms with Crippen LogP contribution in [0, 0.1) is 6.92 Å². The molecule has 0 saturated carbocycles. The van der Waals surface area contributed by atoms with Gasteiger partial charge in [0.15, 0.2) is 6.29 Å². The average molecular weight is 293 g/mol. The molecule has 0 saturated heterocycles. The predicted molar refractivity (Wildman–Crippen MR) is 88.9 cm³/mol. The number of benzene rings is 1. The molecule has 112 valence electrons. The van der Waals surface area contributed by atoms with Gasteiger partial charge in [0.2, 0.25) is 0 Å². The van der Waals surface area contributed by atoms with E-state index in [1.165, 1.54) is 5.56 Å². The number of methoxy groups -OCH3 is 1. The summed E-state index contributed by atoms with van der Waals surface area (Å²) in [5, 5.41) is 0. The van der Waals surface area contributed by atoms with Crippen molar-refractivity contribution < 1.29 is 9.53 Å². The Bertz CT molecular complexity index is 846. The molecule has 0 aliphatic rings. The first-order valence-corrected chi connectivity index (χ1v) is 7.42. The lowest BCUT2D eigenvalue weighted by atomic mass is 10.0. The Morgan fingerprint density at radius 2 is 1.95 bits per heavy atom. The Morgan fingerprint density at radius 3 is 2.64 bits per heavy atom. The summed E-state index contributed by atoms with van der Waals surface area (Å²) >= 11 is 0. The third-order valence-electron chi connectivity index (χ3n) is 4.03. The number of aryl methyl sites for hydroxylation is 2. The van der Waals surface area contributed by atoms with Gasteiger partial charge in [0.1, 0.15) is 5.75 Å². The molecule has 0 fully saturated rings. The molecule has 0 unspecified atom stereocenters. The van der Waals surface area contributed by atoms with E-state index in [9.17, 15) is 4.79 Å². The van der Waals surface area contributed by atoms with Gasteiger partial charge in [0.25, 0.3) is 0 Å². The van der Waals surface area contributed by atoms with E-state index in [-0.39, 0.29) is 0 Å². The molecular weight excluding hydrogens is 274 g/mol. The molecule has 0 spiro atoms. The standard InChI is InChI=1S/C19H19NO2/c1-4-14-6-7-15-10-16(18(12-21)20(15)11-14)17-9-13(2)5-8-19(17)22-3/h5-12H,4H2,1-3H3. The number of hydrogen-bond acceptors (Lipinski definition) is 2. The van der Waals surface area contributed by atoms with Crippen LogP contribution in [-0.4, -0.2) is 17.8 Å². The number of fused-ring (bicyclic) bond motifs is 1. The minimum Gasteiger partial charge on any atom is -0.496 e. The maximum Gasteiger partial charge on any atom is 0.167 e. The highest BCUT2D eigenvalue weighted by atomic mass is 16.5. The van der Waals surface area contributed by atoms with E-state index >= 15 is 0 Å². The van der Waals surface area contributed by atoms with Gasteiger partial charge < -0.3 is 9.14 Å². The van der Waals surface area contributed by atoms with Gasteiger partial charge in [-0.3, -0.25) is 4.79 Å². The highest BCUT2D eigenvalue weighted by Gasteiger charge is 2.15. The molecule has 0 atom stereocenters. The first-order valence-electron chi connectivity index (χ1n) is 7.42. The second-order valence-electron chi connectivity index (χ2n) is 5.45. The number of carbonyl (C=O) groups excluding carboxylic acids is 1. The first-order chi connectivity index (χ1) is 10.7. The number of aldehydes is 1. The summed E-state index contributed by atoms with van der Waals surface area (Å²) in [6, 6.07) is 12.2. The summed E-state index contributed by atoms with van der Waals surface area (Å²) in [4.78, 5) is 11.7. The minimum atomic E-state index is 0.661. The monoisotopic (exact) mass is 293 g/mol. The molecule has 0 bridgehead atoms. The Balaban J connectivity index is 2.31. The summed E-state index contributed by atoms with van der Waals surface area (Å²) in [5.41, 5.74) is 5.87. The molecule has 3 nitrogen and oxygen atoms in total. The van der Waals surface area contributed by atoms with Crippen molar-refractivity contribution in [2.24, 2.45) is 0 Å². The smallest absolute Gasteiger partial charge is 0.167 e. The van der Waals surface area contributed by atoms with Crippen molar-refractivity contribution >= 4 is 11.8 Å². The lowest BCUT2D eigenvalue weighted by Crippen LogP contribution is -1.95. The fourth-order valence-electron chi connectivity index (χ4n) is 2.81. The van der Waals surface area contributed by atoms with Crippen molar-refractivity contribution in [2.45, 2.75) is 20.3 Å². The van der Waals surface area contributed by atoms with Crippen molar-refractivity contribution in [2.75, 3.05) is 7.11 Å². The summed E-state index contributed by atoms with van der Waals surface area (Å²) < 4.78 is 7.43. The first kappa shape index (κ1) is 14.4. The van der Waals surface area contributed by atoms with Crippen LogP contribution in [0.4, 0.5) is 0 Å². The zero-order valence-corrected chi connectivity index (χ0v) is 13.1. The van der Waals surface area contributed by atoms with Gasteiger partial charge >= 0.3 is 0 Å². The molecule has 2 heterocycles. The minimum absolute atomic E-state index is 0.661. The lowest BCUT2D eigenvalue weighted by Gasteiger charge is -2.09. The van der Waals surface area contributed by atoms with Crippen LogP contribution in [0.2, 0.25) is 0 Å². The van der Waals surface area contributed by atoms with Gasteiger partial charge in [-0.05, 0) is 43.2 Å². The van der Waals surface area contributed by atoms with Crippen LogP contribution in [0.3, 0.4) is 0 Å². The largest absolute Gasteiger partial charge is 0.496 e. The van der Waals surface area contributed by atoms with E-state index in [1.54, 1.807) is 7.11 Å². The van der Waals surface area contributed by atoms with E-state index in [0.29, 0.717) is 5.69 Å². The number of rotatable bonds is 4. The van der Waals surface area contributed by atoms with E-state index in [4.69, 9.17) is 4.74 Å².